The molecule has 28 heavy (non-hydrogen) atoms. The van der Waals surface area contributed by atoms with Crippen molar-refractivity contribution in [3.05, 3.63) is 23.5 Å². The Morgan fingerprint density at radius 1 is 0.607 bits per heavy atom. The van der Waals surface area contributed by atoms with Crippen molar-refractivity contribution in [2.45, 2.75) is 116 Å². The Bertz CT molecular complexity index is 520. The molecule has 0 unspecified atom stereocenters. The van der Waals surface area contributed by atoms with Gasteiger partial charge in [0.25, 0.3) is 0 Å². The molecule has 3 nitrogen and oxygen atoms in total. The average molecular weight is 515 g/mol. The van der Waals surface area contributed by atoms with Gasteiger partial charge in [-0.3, -0.25) is 0 Å². The summed E-state index contributed by atoms with van der Waals surface area (Å²) < 4.78 is 0. The predicted octanol–water partition coefficient (Wildman–Crippen LogP) is 7.29. The molecule has 0 spiro atoms. The third-order valence-electron chi connectivity index (χ3n) is 5.09. The normalized spacial score (nSPS) is 13.1. The first-order valence-corrected chi connectivity index (χ1v) is 13.4. The van der Waals surface area contributed by atoms with Gasteiger partial charge in [0.2, 0.25) is 0 Å². The fraction of sp³-hybridized carbons (Fsp3) is 0.818. The number of hydrogen-bond donors (Lipinski definition) is 0. The van der Waals surface area contributed by atoms with Crippen LogP contribution in [0.5, 0.6) is 0 Å². The molecule has 165 valence electrons. The van der Waals surface area contributed by atoms with E-state index in [0.29, 0.717) is 20.6 Å². The summed E-state index contributed by atoms with van der Waals surface area (Å²) in [5, 5.41) is 13.6. The van der Waals surface area contributed by atoms with E-state index in [0.717, 1.165) is 0 Å². The average Bonchev–Trinajstić information content (AvgIpc) is 2.87. The van der Waals surface area contributed by atoms with Gasteiger partial charge in [-0.15, -0.1) is 11.4 Å². The summed E-state index contributed by atoms with van der Waals surface area (Å²) in [6.07, 6.45) is 2.37. The van der Waals surface area contributed by atoms with Crippen LogP contribution in [0.4, 0.5) is 0 Å². The summed E-state index contributed by atoms with van der Waals surface area (Å²) in [6.45, 7) is 29.0. The molecule has 0 bridgehead atoms. The summed E-state index contributed by atoms with van der Waals surface area (Å²) in [4.78, 5) is 5.09. The molecule has 0 aliphatic heterocycles. The molecule has 6 heteroatoms. The van der Waals surface area contributed by atoms with E-state index < -0.39 is 15.8 Å². The first-order chi connectivity index (χ1) is 11.9. The minimum atomic E-state index is -0.553. The molecule has 0 saturated carbocycles. The fourth-order valence-electron chi connectivity index (χ4n) is 4.32. The summed E-state index contributed by atoms with van der Waals surface area (Å²) in [5.74, 6) is 0. The van der Waals surface area contributed by atoms with Crippen LogP contribution in [0, 0.1) is 10.8 Å². The molecular formula is C22H44N3P2Rh+. The molecule has 0 aliphatic rings. The van der Waals surface area contributed by atoms with Crippen LogP contribution in [-0.4, -0.2) is 20.6 Å². The van der Waals surface area contributed by atoms with Crippen molar-refractivity contribution in [1.29, 1.82) is 10.8 Å². The van der Waals surface area contributed by atoms with Gasteiger partial charge in [-0.25, -0.2) is 0 Å². The zero-order valence-corrected chi connectivity index (χ0v) is 23.9. The SMILES string of the molecule is CC(C)(C)[PH+](Cc1ccc(C[PH+](C(C)(C)C)C(C)(C)C)[n-]1)C(C)(C)C.N#N.[Rh]. The van der Waals surface area contributed by atoms with Gasteiger partial charge >= 0.3 is 0 Å². The van der Waals surface area contributed by atoms with E-state index in [1.807, 2.05) is 0 Å². The Morgan fingerprint density at radius 2 is 0.821 bits per heavy atom. The largest absolute Gasteiger partial charge is 0.659 e. The Morgan fingerprint density at radius 3 is 1.00 bits per heavy atom. The van der Waals surface area contributed by atoms with Crippen LogP contribution < -0.4 is 4.98 Å². The van der Waals surface area contributed by atoms with E-state index >= 15 is 0 Å². The monoisotopic (exact) mass is 515 g/mol. The smallest absolute Gasteiger partial charge is 0.0701 e. The van der Waals surface area contributed by atoms with Crippen molar-refractivity contribution in [3.8, 4) is 0 Å². The Balaban J connectivity index is 0. The molecule has 1 aromatic rings. The standard InChI is InChI=1S/C22H42NP2.N2.Rh/c1-19(2,3)24(20(4,5)6)15-17-13-14-18(23-17)16-25(21(7,8)9)22(10,11)12;1-2;/h13-14H,15-16H2,1-12H3;;/q-1;;/p+2. The van der Waals surface area contributed by atoms with Crippen molar-refractivity contribution < 1.29 is 19.5 Å². The van der Waals surface area contributed by atoms with Gasteiger partial charge in [-0.05, 0) is 83.1 Å². The molecular weight excluding hydrogens is 471 g/mol. The van der Waals surface area contributed by atoms with Crippen molar-refractivity contribution >= 4 is 15.8 Å². The van der Waals surface area contributed by atoms with Gasteiger partial charge < -0.3 is 4.98 Å². The van der Waals surface area contributed by atoms with Crippen molar-refractivity contribution in [2.75, 3.05) is 0 Å². The fourth-order valence-corrected chi connectivity index (χ4v) is 12.1. The van der Waals surface area contributed by atoms with E-state index in [1.165, 1.54) is 23.7 Å². The van der Waals surface area contributed by atoms with Crippen molar-refractivity contribution in [2.24, 2.45) is 0 Å². The van der Waals surface area contributed by atoms with Gasteiger partial charge in [-0.2, -0.15) is 0 Å². The maximum absolute atomic E-state index is 6.00. The van der Waals surface area contributed by atoms with Crippen LogP contribution >= 0.6 is 15.8 Å². The number of rotatable bonds is 4. The molecule has 0 amide bonds. The topological polar surface area (TPSA) is 61.7 Å². The second-order valence-electron chi connectivity index (χ2n) is 11.7. The van der Waals surface area contributed by atoms with Crippen molar-refractivity contribution in [1.82, 2.24) is 4.98 Å². The maximum atomic E-state index is 6.00. The summed E-state index contributed by atoms with van der Waals surface area (Å²) >= 11 is 0. The molecule has 1 rings (SSSR count). The molecule has 1 radical (unpaired) electrons. The minimum absolute atomic E-state index is 0. The van der Waals surface area contributed by atoms with Crippen molar-refractivity contribution in [3.63, 3.8) is 0 Å². The van der Waals surface area contributed by atoms with Crippen LogP contribution in [0.2, 0.25) is 0 Å². The molecule has 1 heterocycles. The van der Waals surface area contributed by atoms with Crippen LogP contribution in [0.1, 0.15) is 94.5 Å². The number of hydrogen-bond acceptors (Lipinski definition) is 2. The molecule has 1 aromatic heterocycles. The van der Waals surface area contributed by atoms with Crippen LogP contribution in [0.25, 0.3) is 0 Å². The predicted molar refractivity (Wildman–Crippen MR) is 126 cm³/mol. The van der Waals surface area contributed by atoms with E-state index in [4.69, 9.17) is 15.8 Å². The van der Waals surface area contributed by atoms with Gasteiger partial charge in [-0.1, -0.05) is 12.1 Å². The van der Waals surface area contributed by atoms with Crippen LogP contribution in [-0.2, 0) is 31.8 Å². The van der Waals surface area contributed by atoms with Crippen LogP contribution in [0.3, 0.4) is 0 Å². The van der Waals surface area contributed by atoms with E-state index in [9.17, 15) is 0 Å². The summed E-state index contributed by atoms with van der Waals surface area (Å²) in [7, 11) is -1.11. The molecule has 0 aliphatic carbocycles. The molecule has 0 aromatic carbocycles. The third-order valence-corrected chi connectivity index (χ3v) is 13.8. The summed E-state index contributed by atoms with van der Waals surface area (Å²) in [5.41, 5.74) is 2.66. The molecule has 0 N–H and O–H groups in total. The van der Waals surface area contributed by atoms with E-state index in [2.05, 4.69) is 95.2 Å². The third kappa shape index (κ3) is 9.79. The second-order valence-corrected chi connectivity index (χ2v) is 20.4. The zero-order chi connectivity index (χ0) is 21.8. The zero-order valence-electron chi connectivity index (χ0n) is 20.2. The maximum Gasteiger partial charge on any atom is 0.0701 e. The van der Waals surface area contributed by atoms with Crippen LogP contribution in [0.15, 0.2) is 12.1 Å². The van der Waals surface area contributed by atoms with Gasteiger partial charge in [0, 0.05) is 46.1 Å². The Hall–Kier alpha value is 0.183. The van der Waals surface area contributed by atoms with Gasteiger partial charge in [0.15, 0.2) is 0 Å². The van der Waals surface area contributed by atoms with Gasteiger partial charge in [0.1, 0.15) is 0 Å². The molecule has 0 atom stereocenters. The first kappa shape index (κ1) is 30.4. The Labute approximate surface area is 190 Å². The quantitative estimate of drug-likeness (QED) is 0.240. The van der Waals surface area contributed by atoms with Gasteiger partial charge in [0.05, 0.1) is 32.9 Å². The Kier molecular flexibility index (Phi) is 11.9. The second kappa shape index (κ2) is 11.0. The number of nitrogens with zero attached hydrogens (tertiary/aromatic N) is 3. The summed E-state index contributed by atoms with van der Waals surface area (Å²) in [6, 6.07) is 4.62. The van der Waals surface area contributed by atoms with E-state index in [1.54, 1.807) is 0 Å². The minimum Gasteiger partial charge on any atom is -0.659 e. The van der Waals surface area contributed by atoms with E-state index in [-0.39, 0.29) is 19.5 Å². The first-order valence-electron chi connectivity index (χ1n) is 9.97. The molecule has 0 saturated heterocycles. The molecule has 0 fully saturated rings. The number of aromatic nitrogens is 1.